The fourth-order valence-electron chi connectivity index (χ4n) is 3.14. The average Bonchev–Trinajstić information content (AvgIpc) is 2.73. The summed E-state index contributed by atoms with van der Waals surface area (Å²) in [7, 11) is 0. The first kappa shape index (κ1) is 18.5. The summed E-state index contributed by atoms with van der Waals surface area (Å²) >= 11 is 0. The topological polar surface area (TPSA) is 58.6 Å². The van der Waals surface area contributed by atoms with Gasteiger partial charge in [-0.2, -0.15) is 0 Å². The molecule has 1 heterocycles. The van der Waals surface area contributed by atoms with Crippen LogP contribution in [0.5, 0.6) is 0 Å². The molecular formula is C22H22N2O3. The summed E-state index contributed by atoms with van der Waals surface area (Å²) in [6.07, 6.45) is 6.73. The van der Waals surface area contributed by atoms with Crippen molar-refractivity contribution in [3.8, 4) is 12.3 Å². The van der Waals surface area contributed by atoms with Crippen LogP contribution in [0.2, 0.25) is 0 Å². The van der Waals surface area contributed by atoms with Gasteiger partial charge in [0.25, 0.3) is 5.91 Å². The van der Waals surface area contributed by atoms with Gasteiger partial charge in [-0.25, -0.2) is 4.79 Å². The van der Waals surface area contributed by atoms with Crippen molar-refractivity contribution in [3.05, 3.63) is 71.3 Å². The number of nitrogens with one attached hydrogen (secondary N) is 1. The molecular weight excluding hydrogens is 340 g/mol. The Morgan fingerprint density at radius 2 is 1.89 bits per heavy atom. The summed E-state index contributed by atoms with van der Waals surface area (Å²) in [4.78, 5) is 26.5. The van der Waals surface area contributed by atoms with Crippen molar-refractivity contribution in [2.75, 3.05) is 13.1 Å². The lowest BCUT2D eigenvalue weighted by molar-refractivity contribution is 0.0770. The molecule has 1 atom stereocenters. The number of benzene rings is 2. The van der Waals surface area contributed by atoms with E-state index >= 15 is 0 Å². The zero-order chi connectivity index (χ0) is 19.1. The molecule has 2 aromatic carbocycles. The van der Waals surface area contributed by atoms with Crippen molar-refractivity contribution in [2.24, 2.45) is 0 Å². The van der Waals surface area contributed by atoms with Gasteiger partial charge >= 0.3 is 6.09 Å². The summed E-state index contributed by atoms with van der Waals surface area (Å²) in [6.45, 7) is 1.29. The van der Waals surface area contributed by atoms with Gasteiger partial charge in [-0.05, 0) is 30.5 Å². The second-order valence-corrected chi connectivity index (χ2v) is 6.49. The van der Waals surface area contributed by atoms with Crippen LogP contribution < -0.4 is 5.32 Å². The fourth-order valence-corrected chi connectivity index (χ4v) is 3.14. The van der Waals surface area contributed by atoms with E-state index < -0.39 is 0 Å². The predicted octanol–water partition coefficient (Wildman–Crippen LogP) is 3.20. The first-order chi connectivity index (χ1) is 13.2. The van der Waals surface area contributed by atoms with Gasteiger partial charge in [0.2, 0.25) is 0 Å². The molecule has 2 amide bonds. The van der Waals surface area contributed by atoms with E-state index in [1.165, 1.54) is 0 Å². The van der Waals surface area contributed by atoms with Crippen LogP contribution in [0, 0.1) is 12.3 Å². The van der Waals surface area contributed by atoms with Gasteiger partial charge in [-0.1, -0.05) is 48.4 Å². The summed E-state index contributed by atoms with van der Waals surface area (Å²) in [5, 5.41) is 2.98. The normalized spacial score (nSPS) is 16.3. The molecule has 0 radical (unpaired) electrons. The number of hydrogen-bond acceptors (Lipinski definition) is 3. The van der Waals surface area contributed by atoms with Crippen molar-refractivity contribution >= 4 is 12.0 Å². The van der Waals surface area contributed by atoms with Crippen molar-refractivity contribution < 1.29 is 14.3 Å². The summed E-state index contributed by atoms with van der Waals surface area (Å²) in [6, 6.07) is 16.5. The van der Waals surface area contributed by atoms with Crippen LogP contribution >= 0.6 is 0 Å². The maximum Gasteiger partial charge on any atom is 0.410 e. The number of amides is 2. The fraction of sp³-hybridized carbons (Fsp3) is 0.273. The van der Waals surface area contributed by atoms with E-state index in [9.17, 15) is 9.59 Å². The van der Waals surface area contributed by atoms with Crippen molar-refractivity contribution in [1.29, 1.82) is 0 Å². The van der Waals surface area contributed by atoms with Crippen LogP contribution in [0.3, 0.4) is 0 Å². The highest BCUT2D eigenvalue weighted by atomic mass is 16.6. The maximum atomic E-state index is 12.5. The molecule has 1 saturated heterocycles. The van der Waals surface area contributed by atoms with E-state index in [2.05, 4.69) is 11.2 Å². The lowest BCUT2D eigenvalue weighted by Gasteiger charge is -2.32. The molecule has 1 N–H and O–H groups in total. The largest absolute Gasteiger partial charge is 0.445 e. The van der Waals surface area contributed by atoms with Crippen LogP contribution in [0.4, 0.5) is 4.79 Å². The summed E-state index contributed by atoms with van der Waals surface area (Å²) in [5.74, 6) is 2.31. The zero-order valence-corrected chi connectivity index (χ0v) is 15.1. The monoisotopic (exact) mass is 362 g/mol. The molecule has 1 aliphatic heterocycles. The quantitative estimate of drug-likeness (QED) is 0.850. The Morgan fingerprint density at radius 3 is 2.67 bits per heavy atom. The van der Waals surface area contributed by atoms with Gasteiger partial charge in [-0.15, -0.1) is 6.42 Å². The Balaban J connectivity index is 1.55. The molecule has 5 nitrogen and oxygen atoms in total. The van der Waals surface area contributed by atoms with E-state index in [-0.39, 0.29) is 24.6 Å². The molecule has 0 aromatic heterocycles. The number of terminal acetylenes is 1. The SMILES string of the molecule is C#Cc1ccccc1C(=O)NC1CCCN(C(=O)OCc2ccccc2)C1. The van der Waals surface area contributed by atoms with Gasteiger partial charge in [-0.3, -0.25) is 4.79 Å². The van der Waals surface area contributed by atoms with Gasteiger partial charge in [0, 0.05) is 24.7 Å². The van der Waals surface area contributed by atoms with Crippen molar-refractivity contribution in [1.82, 2.24) is 10.2 Å². The van der Waals surface area contributed by atoms with Crippen LogP contribution in [0.15, 0.2) is 54.6 Å². The van der Waals surface area contributed by atoms with E-state index in [0.29, 0.717) is 24.2 Å². The second kappa shape index (κ2) is 8.91. The second-order valence-electron chi connectivity index (χ2n) is 6.49. The van der Waals surface area contributed by atoms with Gasteiger partial charge in [0.15, 0.2) is 0 Å². The number of piperidine rings is 1. The Labute approximate surface area is 159 Å². The maximum absolute atomic E-state index is 12.5. The smallest absolute Gasteiger partial charge is 0.410 e. The minimum absolute atomic E-state index is 0.124. The van der Waals surface area contributed by atoms with E-state index in [0.717, 1.165) is 18.4 Å². The number of rotatable bonds is 4. The van der Waals surface area contributed by atoms with E-state index in [1.54, 1.807) is 29.2 Å². The van der Waals surface area contributed by atoms with Gasteiger partial charge in [0.05, 0.1) is 5.56 Å². The number of nitrogens with zero attached hydrogens (tertiary/aromatic N) is 1. The van der Waals surface area contributed by atoms with Gasteiger partial charge < -0.3 is 15.0 Å². The first-order valence-corrected chi connectivity index (χ1v) is 8.99. The molecule has 0 saturated carbocycles. The Bertz CT molecular complexity index is 842. The summed E-state index contributed by atoms with van der Waals surface area (Å²) in [5.41, 5.74) is 1.98. The van der Waals surface area contributed by atoms with E-state index in [1.807, 2.05) is 30.3 Å². The molecule has 1 unspecified atom stereocenters. The molecule has 5 heteroatoms. The third-order valence-corrected chi connectivity index (χ3v) is 4.55. The molecule has 0 aliphatic carbocycles. The molecule has 1 aliphatic rings. The molecule has 27 heavy (non-hydrogen) atoms. The zero-order valence-electron chi connectivity index (χ0n) is 15.1. The number of hydrogen-bond donors (Lipinski definition) is 1. The number of carbonyl (C=O) groups excluding carboxylic acids is 2. The van der Waals surface area contributed by atoms with Crippen LogP contribution in [0.25, 0.3) is 0 Å². The Kier molecular flexibility index (Phi) is 6.11. The molecule has 1 fully saturated rings. The standard InChI is InChI=1S/C22H22N2O3/c1-2-18-11-6-7-13-20(18)21(25)23-19-12-8-14-24(15-19)22(26)27-16-17-9-4-3-5-10-17/h1,3-7,9-11,13,19H,8,12,14-16H2,(H,23,25). The van der Waals surface area contributed by atoms with Crippen LogP contribution in [-0.2, 0) is 11.3 Å². The third kappa shape index (κ3) is 4.89. The van der Waals surface area contributed by atoms with Crippen LogP contribution in [-0.4, -0.2) is 36.0 Å². The Hall–Kier alpha value is -3.26. The van der Waals surface area contributed by atoms with Crippen molar-refractivity contribution in [3.63, 3.8) is 0 Å². The number of carbonyl (C=O) groups is 2. The average molecular weight is 362 g/mol. The Morgan fingerprint density at radius 1 is 1.15 bits per heavy atom. The molecule has 0 spiro atoms. The lowest BCUT2D eigenvalue weighted by atomic mass is 10.0. The highest BCUT2D eigenvalue weighted by Crippen LogP contribution is 2.14. The van der Waals surface area contributed by atoms with Gasteiger partial charge in [0.1, 0.15) is 6.61 Å². The lowest BCUT2D eigenvalue weighted by Crippen LogP contribution is -2.49. The minimum atomic E-state index is -0.359. The molecule has 138 valence electrons. The predicted molar refractivity (Wildman–Crippen MR) is 103 cm³/mol. The number of likely N-dealkylation sites (tertiary alicyclic amines) is 1. The third-order valence-electron chi connectivity index (χ3n) is 4.55. The molecule has 0 bridgehead atoms. The van der Waals surface area contributed by atoms with Crippen LogP contribution in [0.1, 0.15) is 34.3 Å². The number of ether oxygens (including phenoxy) is 1. The first-order valence-electron chi connectivity index (χ1n) is 8.99. The highest BCUT2D eigenvalue weighted by molar-refractivity contribution is 5.96. The van der Waals surface area contributed by atoms with E-state index in [4.69, 9.17) is 11.2 Å². The highest BCUT2D eigenvalue weighted by Gasteiger charge is 2.26. The minimum Gasteiger partial charge on any atom is -0.445 e. The molecule has 2 aromatic rings. The van der Waals surface area contributed by atoms with Crippen molar-refractivity contribution in [2.45, 2.75) is 25.5 Å². The summed E-state index contributed by atoms with van der Waals surface area (Å²) < 4.78 is 5.39. The molecule has 3 rings (SSSR count).